The van der Waals surface area contributed by atoms with Gasteiger partial charge in [-0.25, -0.2) is 0 Å². The predicted molar refractivity (Wildman–Crippen MR) is 80.6 cm³/mol. The number of rotatable bonds is 3. The third kappa shape index (κ3) is 2.87. The van der Waals surface area contributed by atoms with Gasteiger partial charge in [0.15, 0.2) is 0 Å². The third-order valence-electron chi connectivity index (χ3n) is 3.62. The number of amides is 1. The molecule has 19 heavy (non-hydrogen) atoms. The van der Waals surface area contributed by atoms with E-state index in [0.29, 0.717) is 17.7 Å². The zero-order valence-corrected chi connectivity index (χ0v) is 14.2. The molecule has 2 N–H and O–H groups in total. The number of thiophene rings is 1. The van der Waals surface area contributed by atoms with E-state index in [4.69, 9.17) is 0 Å². The molecule has 2 unspecified atom stereocenters. The number of nitrogens with one attached hydrogen (secondary N) is 1. The summed E-state index contributed by atoms with van der Waals surface area (Å²) in [4.78, 5) is 24.1. The van der Waals surface area contributed by atoms with Crippen LogP contribution in [-0.2, 0) is 4.79 Å². The molecule has 0 radical (unpaired) electrons. The zero-order chi connectivity index (χ0) is 14.2. The standard InChI is InChI=1S/C12H13Br2NO3S/c1-12(11(17)18)4-2-3-8(12)15-10(16)7-5-6(13)9(14)19-7/h5,8H,2-4H2,1H3,(H,15,16)(H,17,18). The average molecular weight is 411 g/mol. The zero-order valence-electron chi connectivity index (χ0n) is 10.2. The number of carboxylic acid groups (broad SMARTS) is 1. The Kier molecular flexibility index (Phi) is 4.37. The smallest absolute Gasteiger partial charge is 0.311 e. The average Bonchev–Trinajstić information content (AvgIpc) is 2.86. The SMILES string of the molecule is CC1(C(=O)O)CCCC1NC(=O)c1cc(Br)c(Br)s1. The third-order valence-corrected chi connectivity index (χ3v) is 6.88. The summed E-state index contributed by atoms with van der Waals surface area (Å²) in [6.07, 6.45) is 2.14. The van der Waals surface area contributed by atoms with Gasteiger partial charge in [0.05, 0.1) is 14.1 Å². The van der Waals surface area contributed by atoms with Gasteiger partial charge in [0.25, 0.3) is 5.91 Å². The van der Waals surface area contributed by atoms with Crippen LogP contribution >= 0.6 is 43.2 Å². The Morgan fingerprint density at radius 1 is 1.53 bits per heavy atom. The lowest BCUT2D eigenvalue weighted by Gasteiger charge is -2.27. The molecule has 1 heterocycles. The first kappa shape index (κ1) is 15.0. The number of carboxylic acids is 1. The molecule has 2 rings (SSSR count). The predicted octanol–water partition coefficient (Wildman–Crippen LogP) is 3.65. The molecule has 1 amide bonds. The van der Waals surface area contributed by atoms with Crippen LogP contribution in [0.3, 0.4) is 0 Å². The van der Waals surface area contributed by atoms with Gasteiger partial charge in [0.1, 0.15) is 0 Å². The summed E-state index contributed by atoms with van der Waals surface area (Å²) >= 11 is 8.00. The molecule has 1 aromatic heterocycles. The first-order valence-electron chi connectivity index (χ1n) is 5.83. The molecule has 1 saturated carbocycles. The van der Waals surface area contributed by atoms with Gasteiger partial charge in [0.2, 0.25) is 0 Å². The van der Waals surface area contributed by atoms with Crippen LogP contribution in [0.1, 0.15) is 35.9 Å². The summed E-state index contributed by atoms with van der Waals surface area (Å²) in [5.41, 5.74) is -0.860. The van der Waals surface area contributed by atoms with E-state index < -0.39 is 11.4 Å². The second-order valence-corrected chi connectivity index (χ2v) is 8.10. The van der Waals surface area contributed by atoms with Crippen molar-refractivity contribution >= 4 is 55.1 Å². The van der Waals surface area contributed by atoms with Crippen molar-refractivity contribution < 1.29 is 14.7 Å². The highest BCUT2D eigenvalue weighted by Gasteiger charge is 2.46. The van der Waals surface area contributed by atoms with Gasteiger partial charge >= 0.3 is 5.97 Å². The van der Waals surface area contributed by atoms with Crippen LogP contribution in [0.15, 0.2) is 14.3 Å². The van der Waals surface area contributed by atoms with Crippen LogP contribution in [0.2, 0.25) is 0 Å². The van der Waals surface area contributed by atoms with Gasteiger partial charge in [0, 0.05) is 10.5 Å². The quantitative estimate of drug-likeness (QED) is 0.799. The minimum atomic E-state index is -0.860. The summed E-state index contributed by atoms with van der Waals surface area (Å²) < 4.78 is 1.68. The summed E-state index contributed by atoms with van der Waals surface area (Å²) in [6.45, 7) is 1.70. The Morgan fingerprint density at radius 3 is 2.74 bits per heavy atom. The minimum absolute atomic E-state index is 0.212. The molecule has 0 aliphatic heterocycles. The molecule has 0 aromatic carbocycles. The number of hydrogen-bond acceptors (Lipinski definition) is 3. The van der Waals surface area contributed by atoms with Crippen molar-refractivity contribution in [3.63, 3.8) is 0 Å². The number of hydrogen-bond donors (Lipinski definition) is 2. The lowest BCUT2D eigenvalue weighted by Crippen LogP contribution is -2.46. The summed E-state index contributed by atoms with van der Waals surface area (Å²) in [7, 11) is 0. The number of halogens is 2. The molecule has 0 saturated heterocycles. The van der Waals surface area contributed by atoms with Crippen LogP contribution < -0.4 is 5.32 Å². The Morgan fingerprint density at radius 2 is 2.21 bits per heavy atom. The van der Waals surface area contributed by atoms with Gasteiger partial charge < -0.3 is 10.4 Å². The molecule has 0 bridgehead atoms. The molecular formula is C12H13Br2NO3S. The maximum atomic E-state index is 12.1. The van der Waals surface area contributed by atoms with E-state index in [2.05, 4.69) is 37.2 Å². The number of carbonyl (C=O) groups is 2. The van der Waals surface area contributed by atoms with E-state index in [1.54, 1.807) is 13.0 Å². The highest BCUT2D eigenvalue weighted by Crippen LogP contribution is 2.39. The van der Waals surface area contributed by atoms with Gasteiger partial charge in [-0.15, -0.1) is 11.3 Å². The molecule has 1 aromatic rings. The van der Waals surface area contributed by atoms with Gasteiger partial charge in [-0.3, -0.25) is 9.59 Å². The minimum Gasteiger partial charge on any atom is -0.481 e. The topological polar surface area (TPSA) is 66.4 Å². The highest BCUT2D eigenvalue weighted by atomic mass is 79.9. The first-order valence-corrected chi connectivity index (χ1v) is 8.24. The van der Waals surface area contributed by atoms with Crippen molar-refractivity contribution in [2.24, 2.45) is 5.41 Å². The van der Waals surface area contributed by atoms with Crippen LogP contribution in [0.5, 0.6) is 0 Å². The van der Waals surface area contributed by atoms with Crippen LogP contribution in [0.4, 0.5) is 0 Å². The van der Waals surface area contributed by atoms with Crippen molar-refractivity contribution in [3.8, 4) is 0 Å². The van der Waals surface area contributed by atoms with Crippen LogP contribution in [0, 0.1) is 5.41 Å². The monoisotopic (exact) mass is 409 g/mol. The van der Waals surface area contributed by atoms with E-state index >= 15 is 0 Å². The lowest BCUT2D eigenvalue weighted by molar-refractivity contribution is -0.148. The largest absolute Gasteiger partial charge is 0.481 e. The van der Waals surface area contributed by atoms with Gasteiger partial charge in [-0.2, -0.15) is 0 Å². The van der Waals surface area contributed by atoms with Gasteiger partial charge in [-0.1, -0.05) is 6.42 Å². The fraction of sp³-hybridized carbons (Fsp3) is 0.500. The normalized spacial score (nSPS) is 26.4. The van der Waals surface area contributed by atoms with Crippen LogP contribution in [-0.4, -0.2) is 23.0 Å². The second kappa shape index (κ2) is 5.54. The van der Waals surface area contributed by atoms with Gasteiger partial charge in [-0.05, 0) is 57.7 Å². The Hall–Kier alpha value is -0.400. The molecule has 1 fully saturated rings. The molecular weight excluding hydrogens is 398 g/mol. The van der Waals surface area contributed by atoms with Crippen molar-refractivity contribution in [1.29, 1.82) is 0 Å². The molecule has 7 heteroatoms. The Balaban J connectivity index is 2.13. The van der Waals surface area contributed by atoms with Crippen LogP contribution in [0.25, 0.3) is 0 Å². The fourth-order valence-electron chi connectivity index (χ4n) is 2.34. The maximum Gasteiger partial charge on any atom is 0.311 e. The number of aliphatic carboxylic acids is 1. The molecule has 1 aliphatic carbocycles. The second-order valence-electron chi connectivity index (χ2n) is 4.87. The maximum absolute atomic E-state index is 12.1. The van der Waals surface area contributed by atoms with E-state index in [1.165, 1.54) is 11.3 Å². The molecule has 1 aliphatic rings. The summed E-state index contributed by atoms with van der Waals surface area (Å²) in [5.74, 6) is -1.06. The molecule has 104 valence electrons. The highest BCUT2D eigenvalue weighted by molar-refractivity contribution is 9.13. The lowest BCUT2D eigenvalue weighted by atomic mass is 9.85. The molecule has 0 spiro atoms. The summed E-state index contributed by atoms with van der Waals surface area (Å²) in [6, 6.07) is 1.43. The van der Waals surface area contributed by atoms with Crippen molar-refractivity contribution in [1.82, 2.24) is 5.32 Å². The first-order chi connectivity index (χ1) is 8.84. The van der Waals surface area contributed by atoms with E-state index in [-0.39, 0.29) is 11.9 Å². The van der Waals surface area contributed by atoms with E-state index in [0.717, 1.165) is 14.7 Å². The fourth-order valence-corrected chi connectivity index (χ4v) is 4.28. The molecule has 4 nitrogen and oxygen atoms in total. The summed E-state index contributed by atoms with van der Waals surface area (Å²) in [5, 5.41) is 12.2. The van der Waals surface area contributed by atoms with E-state index in [1.807, 2.05) is 0 Å². The Bertz CT molecular complexity index is 512. The van der Waals surface area contributed by atoms with Crippen molar-refractivity contribution in [3.05, 3.63) is 19.2 Å². The molecule has 2 atom stereocenters. The number of carbonyl (C=O) groups excluding carboxylic acids is 1. The van der Waals surface area contributed by atoms with E-state index in [9.17, 15) is 14.7 Å². The Labute approximate surface area is 131 Å². The van der Waals surface area contributed by atoms with Crippen molar-refractivity contribution in [2.75, 3.05) is 0 Å². The van der Waals surface area contributed by atoms with Crippen molar-refractivity contribution in [2.45, 2.75) is 32.2 Å².